The summed E-state index contributed by atoms with van der Waals surface area (Å²) in [5.41, 5.74) is 1.59. The molecule has 1 saturated heterocycles. The van der Waals surface area contributed by atoms with Crippen LogP contribution in [0.5, 0.6) is 5.75 Å². The van der Waals surface area contributed by atoms with Gasteiger partial charge < -0.3 is 20.3 Å². The Kier molecular flexibility index (Phi) is 9.94. The predicted octanol–water partition coefficient (Wildman–Crippen LogP) is 6.99. The number of halogens is 2. The normalized spacial score (nSPS) is 14.4. The molecule has 1 amide bonds. The zero-order valence-electron chi connectivity index (χ0n) is 23.0. The van der Waals surface area contributed by atoms with Gasteiger partial charge in [0.15, 0.2) is 11.5 Å². The first-order valence-electron chi connectivity index (χ1n) is 13.0. The summed E-state index contributed by atoms with van der Waals surface area (Å²) in [6, 6.07) is 8.53. The smallest absolute Gasteiger partial charge is 0.248 e. The van der Waals surface area contributed by atoms with Crippen LogP contribution < -0.4 is 15.4 Å². The van der Waals surface area contributed by atoms with E-state index >= 15 is 0 Å². The molecule has 40 heavy (non-hydrogen) atoms. The molecule has 0 saturated carbocycles. The van der Waals surface area contributed by atoms with Crippen LogP contribution in [0.15, 0.2) is 42.5 Å². The molecule has 0 aliphatic carbocycles. The first-order valence-corrected chi connectivity index (χ1v) is 15.0. The molecule has 0 unspecified atom stereocenters. The Balaban J connectivity index is 1.67. The van der Waals surface area contributed by atoms with Gasteiger partial charge in [-0.25, -0.2) is 0 Å². The second-order valence-corrected chi connectivity index (χ2v) is 12.5. The minimum absolute atomic E-state index is 0.149. The van der Waals surface area contributed by atoms with Gasteiger partial charge in [-0.3, -0.25) is 9.59 Å². The van der Waals surface area contributed by atoms with Crippen LogP contribution in [0.1, 0.15) is 44.6 Å². The van der Waals surface area contributed by atoms with Crippen LogP contribution in [0, 0.1) is 0 Å². The number of hydrogen-bond donors (Lipinski definition) is 2. The van der Waals surface area contributed by atoms with E-state index in [-0.39, 0.29) is 17.4 Å². The maximum Gasteiger partial charge on any atom is 0.248 e. The number of carbonyl (C=O) groups is 2. The van der Waals surface area contributed by atoms with Crippen molar-refractivity contribution in [3.05, 3.63) is 58.2 Å². The summed E-state index contributed by atoms with van der Waals surface area (Å²) in [6.45, 7) is 10.3. The first-order chi connectivity index (χ1) is 19.0. The second kappa shape index (κ2) is 13.2. The Hall–Kier alpha value is -2.85. The maximum absolute atomic E-state index is 12.9. The fourth-order valence-electron chi connectivity index (χ4n) is 4.18. The van der Waals surface area contributed by atoms with E-state index in [9.17, 15) is 9.59 Å². The van der Waals surface area contributed by atoms with Gasteiger partial charge in [-0.1, -0.05) is 29.3 Å². The molecule has 1 aliphatic rings. The van der Waals surface area contributed by atoms with E-state index in [1.54, 1.807) is 36.4 Å². The number of thioether (sulfide) groups is 1. The molecular formula is C29H33Cl2N5O3S. The minimum atomic E-state index is -0.538. The molecule has 2 aromatic carbocycles. The number of amides is 1. The van der Waals surface area contributed by atoms with Crippen molar-refractivity contribution in [3.8, 4) is 5.75 Å². The lowest BCUT2D eigenvalue weighted by Crippen LogP contribution is -2.33. The van der Waals surface area contributed by atoms with E-state index in [0.29, 0.717) is 43.8 Å². The van der Waals surface area contributed by atoms with Crippen LogP contribution in [0.2, 0.25) is 10.0 Å². The molecule has 2 N–H and O–H groups in total. The van der Waals surface area contributed by atoms with Crippen LogP contribution in [-0.4, -0.2) is 63.5 Å². The number of carbonyl (C=O) groups excluding carboxylic acids is 2. The van der Waals surface area contributed by atoms with Gasteiger partial charge in [0.25, 0.3) is 0 Å². The number of aromatic nitrogens is 2. The number of rotatable bonds is 9. The number of fused-ring (bicyclic) bond motifs is 1. The fraction of sp³-hybridized carbons (Fsp3) is 0.379. The van der Waals surface area contributed by atoms with E-state index < -0.39 is 5.60 Å². The quantitative estimate of drug-likeness (QED) is 0.200. The number of anilines is 3. The van der Waals surface area contributed by atoms with Gasteiger partial charge in [0, 0.05) is 55.2 Å². The summed E-state index contributed by atoms with van der Waals surface area (Å²) in [5, 5.41) is 16.0. The van der Waals surface area contributed by atoms with Crippen molar-refractivity contribution >= 4 is 74.6 Å². The van der Waals surface area contributed by atoms with Gasteiger partial charge in [-0.2, -0.15) is 11.8 Å². The van der Waals surface area contributed by atoms with Crippen LogP contribution in [0.3, 0.4) is 0 Å². The number of Topliss-reactive ketones (excluding diaryl/α,β-unsaturated/α-hetero) is 1. The Morgan fingerprint density at radius 1 is 1.10 bits per heavy atom. The zero-order chi connectivity index (χ0) is 28.9. The highest BCUT2D eigenvalue weighted by Gasteiger charge is 2.21. The van der Waals surface area contributed by atoms with E-state index in [4.69, 9.17) is 27.9 Å². The lowest BCUT2D eigenvalue weighted by molar-refractivity contribution is -0.112. The van der Waals surface area contributed by atoms with Crippen molar-refractivity contribution < 1.29 is 14.3 Å². The average molecular weight is 603 g/mol. The van der Waals surface area contributed by atoms with E-state index in [0.717, 1.165) is 37.6 Å². The molecule has 0 radical (unpaired) electrons. The number of benzene rings is 2. The molecule has 1 aliphatic heterocycles. The molecule has 1 fully saturated rings. The molecule has 0 bridgehead atoms. The molecule has 1 aromatic heterocycles. The number of nitrogens with one attached hydrogen (secondary N) is 2. The minimum Gasteiger partial charge on any atom is -0.486 e. The molecular weight excluding hydrogens is 569 g/mol. The van der Waals surface area contributed by atoms with Crippen molar-refractivity contribution in [2.75, 3.05) is 41.8 Å². The Morgan fingerprint density at radius 3 is 2.52 bits per heavy atom. The summed E-state index contributed by atoms with van der Waals surface area (Å²) in [4.78, 5) is 27.9. The van der Waals surface area contributed by atoms with E-state index in [2.05, 4.69) is 25.7 Å². The lowest BCUT2D eigenvalue weighted by Gasteiger charge is -2.25. The number of nitrogens with zero attached hydrogens (tertiary/aromatic N) is 3. The van der Waals surface area contributed by atoms with Gasteiger partial charge in [-0.05, 0) is 57.5 Å². The Labute approximate surface area is 248 Å². The number of ether oxygens (including phenoxy) is 1. The number of ketones is 1. The van der Waals surface area contributed by atoms with Crippen LogP contribution in [0.25, 0.3) is 10.9 Å². The topological polar surface area (TPSA) is 96.5 Å². The average Bonchev–Trinajstić information content (AvgIpc) is 2.89. The summed E-state index contributed by atoms with van der Waals surface area (Å²) in [6.07, 6.45) is 4.22. The highest BCUT2D eigenvalue weighted by atomic mass is 35.5. The monoisotopic (exact) mass is 601 g/mol. The standard InChI is InChI=1S/C29H33Cl2N5O3S/c1-18(37)27-28(32-19-8-9-21(30)22(31)15-19)20-16-24(25(39-29(2,3)4)17-23(20)34-35-27)33-26(38)7-5-6-10-36-11-13-40-14-12-36/h5,7-9,15-17H,6,10-14H2,1-4H3,(H,32,34)(H,33,38)/b7-5+. The van der Waals surface area contributed by atoms with Gasteiger partial charge in [0.1, 0.15) is 11.4 Å². The SMILES string of the molecule is CC(=O)c1nnc2cc(OC(C)(C)C)c(NC(=O)/C=C/CCN3CCSCC3)cc2c1Nc1ccc(Cl)c(Cl)c1. The Bertz CT molecular complexity index is 1440. The second-order valence-electron chi connectivity index (χ2n) is 10.4. The molecule has 8 nitrogen and oxygen atoms in total. The van der Waals surface area contributed by atoms with Gasteiger partial charge in [0.2, 0.25) is 5.91 Å². The maximum atomic E-state index is 12.9. The summed E-state index contributed by atoms with van der Waals surface area (Å²) < 4.78 is 6.18. The zero-order valence-corrected chi connectivity index (χ0v) is 25.3. The van der Waals surface area contributed by atoms with Crippen molar-refractivity contribution in [1.82, 2.24) is 15.1 Å². The molecule has 2 heterocycles. The highest BCUT2D eigenvalue weighted by molar-refractivity contribution is 7.99. The molecule has 0 spiro atoms. The summed E-state index contributed by atoms with van der Waals surface area (Å²) >= 11 is 14.3. The molecule has 0 atom stereocenters. The van der Waals surface area contributed by atoms with Crippen molar-refractivity contribution in [1.29, 1.82) is 0 Å². The lowest BCUT2D eigenvalue weighted by atomic mass is 10.1. The number of hydrogen-bond acceptors (Lipinski definition) is 8. The first kappa shape index (κ1) is 30.1. The van der Waals surface area contributed by atoms with E-state index in [1.165, 1.54) is 6.92 Å². The van der Waals surface area contributed by atoms with Gasteiger partial charge in [0.05, 0.1) is 26.9 Å². The van der Waals surface area contributed by atoms with Crippen molar-refractivity contribution in [2.24, 2.45) is 0 Å². The molecule has 212 valence electrons. The third-order valence-corrected chi connectivity index (χ3v) is 7.72. The van der Waals surface area contributed by atoms with Crippen LogP contribution in [-0.2, 0) is 4.79 Å². The third kappa shape index (κ3) is 8.10. The van der Waals surface area contributed by atoms with Gasteiger partial charge in [-0.15, -0.1) is 10.2 Å². The van der Waals surface area contributed by atoms with Crippen LogP contribution in [0.4, 0.5) is 17.1 Å². The van der Waals surface area contributed by atoms with Crippen molar-refractivity contribution in [3.63, 3.8) is 0 Å². The predicted molar refractivity (Wildman–Crippen MR) is 166 cm³/mol. The summed E-state index contributed by atoms with van der Waals surface area (Å²) in [7, 11) is 0. The third-order valence-electron chi connectivity index (χ3n) is 6.04. The molecule has 4 rings (SSSR count). The van der Waals surface area contributed by atoms with E-state index in [1.807, 2.05) is 38.6 Å². The largest absolute Gasteiger partial charge is 0.486 e. The van der Waals surface area contributed by atoms with Crippen LogP contribution >= 0.6 is 35.0 Å². The summed E-state index contributed by atoms with van der Waals surface area (Å²) in [5.74, 6) is 2.20. The fourth-order valence-corrected chi connectivity index (χ4v) is 5.46. The molecule has 3 aromatic rings. The van der Waals surface area contributed by atoms with Crippen molar-refractivity contribution in [2.45, 2.75) is 39.7 Å². The highest BCUT2D eigenvalue weighted by Crippen LogP contribution is 2.37. The molecule has 11 heteroatoms. The van der Waals surface area contributed by atoms with Gasteiger partial charge >= 0.3 is 0 Å². The Morgan fingerprint density at radius 2 is 1.85 bits per heavy atom.